The van der Waals surface area contributed by atoms with Gasteiger partial charge in [-0.25, -0.2) is 13.2 Å². The highest BCUT2D eigenvalue weighted by atomic mass is 32.2. The molecule has 0 bridgehead atoms. The van der Waals surface area contributed by atoms with Crippen molar-refractivity contribution < 1.29 is 27.9 Å². The summed E-state index contributed by atoms with van der Waals surface area (Å²) in [6.45, 7) is 0.0867. The van der Waals surface area contributed by atoms with Gasteiger partial charge in [0.25, 0.3) is 5.91 Å². The molecule has 0 saturated carbocycles. The Morgan fingerprint density at radius 1 is 1.33 bits per heavy atom. The van der Waals surface area contributed by atoms with Crippen LogP contribution in [0.4, 0.5) is 0 Å². The SMILES string of the molecule is COCCS(=O)(=O)c1ccc(C(=O)NC2(C(=O)O)CCSC2)cc1. The number of rotatable bonds is 7. The minimum atomic E-state index is -3.47. The summed E-state index contributed by atoms with van der Waals surface area (Å²) >= 11 is 1.47. The summed E-state index contributed by atoms with van der Waals surface area (Å²) in [5, 5.41) is 11.9. The van der Waals surface area contributed by atoms with Crippen LogP contribution in [0.25, 0.3) is 0 Å². The lowest BCUT2D eigenvalue weighted by Gasteiger charge is -2.24. The zero-order valence-corrected chi connectivity index (χ0v) is 14.8. The Labute approximate surface area is 144 Å². The molecule has 0 spiro atoms. The van der Waals surface area contributed by atoms with Gasteiger partial charge >= 0.3 is 5.97 Å². The van der Waals surface area contributed by atoms with Gasteiger partial charge in [-0.15, -0.1) is 0 Å². The maximum absolute atomic E-state index is 12.3. The smallest absolute Gasteiger partial charge is 0.330 e. The number of ether oxygens (including phenoxy) is 1. The van der Waals surface area contributed by atoms with Crippen LogP contribution in [0, 0.1) is 0 Å². The molecule has 9 heteroatoms. The predicted octanol–water partition coefficient (Wildman–Crippen LogP) is 0.797. The minimum absolute atomic E-state index is 0.0867. The molecule has 1 aliphatic rings. The monoisotopic (exact) mass is 373 g/mol. The molecule has 1 amide bonds. The first-order valence-corrected chi connectivity index (χ1v) is 10.1. The van der Waals surface area contributed by atoms with Gasteiger partial charge in [0, 0.05) is 18.4 Å². The number of carboxylic acid groups (broad SMARTS) is 1. The Morgan fingerprint density at radius 3 is 2.50 bits per heavy atom. The van der Waals surface area contributed by atoms with Gasteiger partial charge in [-0.2, -0.15) is 11.8 Å². The fourth-order valence-corrected chi connectivity index (χ4v) is 4.80. The minimum Gasteiger partial charge on any atom is -0.479 e. The third kappa shape index (κ3) is 4.08. The number of thioether (sulfide) groups is 1. The average molecular weight is 373 g/mol. The van der Waals surface area contributed by atoms with Crippen LogP contribution in [0.3, 0.4) is 0 Å². The van der Waals surface area contributed by atoms with Crippen molar-refractivity contribution in [3.63, 3.8) is 0 Å². The van der Waals surface area contributed by atoms with E-state index in [0.29, 0.717) is 17.9 Å². The van der Waals surface area contributed by atoms with Crippen LogP contribution >= 0.6 is 11.8 Å². The van der Waals surface area contributed by atoms with Crippen molar-refractivity contribution in [3.8, 4) is 0 Å². The molecule has 1 heterocycles. The van der Waals surface area contributed by atoms with Crippen LogP contribution in [0.15, 0.2) is 29.2 Å². The van der Waals surface area contributed by atoms with Gasteiger partial charge in [0.2, 0.25) is 0 Å². The molecule has 132 valence electrons. The van der Waals surface area contributed by atoms with Crippen LogP contribution in [-0.4, -0.2) is 61.9 Å². The third-order valence-corrected chi connectivity index (χ3v) is 6.70. The van der Waals surface area contributed by atoms with Gasteiger partial charge in [0.1, 0.15) is 5.54 Å². The standard InChI is InChI=1S/C15H19NO6S2/c1-22-7-9-24(20,21)12-4-2-11(3-5-12)13(17)16-15(14(18)19)6-8-23-10-15/h2-5H,6-10H2,1H3,(H,16,17)(H,18,19). The molecule has 0 aromatic heterocycles. The van der Waals surface area contributed by atoms with Crippen molar-refractivity contribution in [1.29, 1.82) is 0 Å². The molecule has 24 heavy (non-hydrogen) atoms. The van der Waals surface area contributed by atoms with Crippen LogP contribution in [0.2, 0.25) is 0 Å². The van der Waals surface area contributed by atoms with E-state index >= 15 is 0 Å². The summed E-state index contributed by atoms with van der Waals surface area (Å²) in [4.78, 5) is 23.8. The molecule has 1 fully saturated rings. The molecule has 1 aliphatic heterocycles. The Hall–Kier alpha value is -1.58. The molecule has 2 N–H and O–H groups in total. The maximum atomic E-state index is 12.3. The Balaban J connectivity index is 2.13. The number of aliphatic carboxylic acids is 1. The average Bonchev–Trinajstić information content (AvgIpc) is 3.03. The largest absolute Gasteiger partial charge is 0.479 e. The number of hydrogen-bond acceptors (Lipinski definition) is 6. The van der Waals surface area contributed by atoms with Gasteiger partial charge in [0.15, 0.2) is 9.84 Å². The number of carbonyl (C=O) groups excluding carboxylic acids is 1. The van der Waals surface area contributed by atoms with Crippen LogP contribution in [-0.2, 0) is 19.4 Å². The maximum Gasteiger partial charge on any atom is 0.330 e. The lowest BCUT2D eigenvalue weighted by Crippen LogP contribution is -2.54. The van der Waals surface area contributed by atoms with Crippen LogP contribution in [0.5, 0.6) is 0 Å². The lowest BCUT2D eigenvalue weighted by molar-refractivity contribution is -0.143. The van der Waals surface area contributed by atoms with Gasteiger partial charge < -0.3 is 15.2 Å². The van der Waals surface area contributed by atoms with Gasteiger partial charge in [-0.05, 0) is 36.4 Å². The Bertz CT molecular complexity index is 708. The highest BCUT2D eigenvalue weighted by Gasteiger charge is 2.43. The first-order chi connectivity index (χ1) is 11.3. The number of hydrogen-bond donors (Lipinski definition) is 2. The van der Waals surface area contributed by atoms with Crippen molar-refractivity contribution >= 4 is 33.5 Å². The van der Waals surface area contributed by atoms with E-state index in [4.69, 9.17) is 4.74 Å². The summed E-state index contributed by atoms with van der Waals surface area (Å²) in [6, 6.07) is 5.45. The second-order valence-corrected chi connectivity index (χ2v) is 8.69. The van der Waals surface area contributed by atoms with E-state index in [0.717, 1.165) is 0 Å². The summed E-state index contributed by atoms with van der Waals surface area (Å²) in [5.74, 6) is -0.741. The zero-order valence-electron chi connectivity index (χ0n) is 13.1. The molecule has 7 nitrogen and oxygen atoms in total. The van der Waals surface area contributed by atoms with E-state index in [1.54, 1.807) is 0 Å². The van der Waals surface area contributed by atoms with Gasteiger partial charge in [0.05, 0.1) is 17.3 Å². The molecular formula is C15H19NO6S2. The van der Waals surface area contributed by atoms with Gasteiger partial charge in [-0.3, -0.25) is 4.79 Å². The molecule has 1 atom stereocenters. The van der Waals surface area contributed by atoms with E-state index in [1.807, 2.05) is 0 Å². The lowest BCUT2D eigenvalue weighted by atomic mass is 9.98. The topological polar surface area (TPSA) is 110 Å². The number of methoxy groups -OCH3 is 1. The van der Waals surface area contributed by atoms with Crippen molar-refractivity contribution in [1.82, 2.24) is 5.32 Å². The molecule has 2 rings (SSSR count). The molecular weight excluding hydrogens is 354 g/mol. The summed E-state index contributed by atoms with van der Waals surface area (Å²) in [6.07, 6.45) is 0.363. The van der Waals surface area contributed by atoms with E-state index in [2.05, 4.69) is 5.32 Å². The molecule has 1 unspecified atom stereocenters. The van der Waals surface area contributed by atoms with E-state index in [1.165, 1.54) is 43.1 Å². The predicted molar refractivity (Wildman–Crippen MR) is 90.1 cm³/mol. The highest BCUT2D eigenvalue weighted by Crippen LogP contribution is 2.28. The first kappa shape index (κ1) is 18.8. The van der Waals surface area contributed by atoms with Crippen molar-refractivity contribution in [2.45, 2.75) is 16.9 Å². The number of nitrogens with one attached hydrogen (secondary N) is 1. The van der Waals surface area contributed by atoms with Crippen LogP contribution < -0.4 is 5.32 Å². The quantitative estimate of drug-likeness (QED) is 0.727. The number of sulfone groups is 1. The third-order valence-electron chi connectivity index (χ3n) is 3.82. The van der Waals surface area contributed by atoms with Crippen molar-refractivity contribution in [2.24, 2.45) is 0 Å². The second-order valence-electron chi connectivity index (χ2n) is 5.48. The Kier molecular flexibility index (Phi) is 5.89. The van der Waals surface area contributed by atoms with Crippen LogP contribution in [0.1, 0.15) is 16.8 Å². The molecule has 1 aromatic rings. The van der Waals surface area contributed by atoms with E-state index in [9.17, 15) is 23.1 Å². The molecule has 0 radical (unpaired) electrons. The number of benzene rings is 1. The van der Waals surface area contributed by atoms with Gasteiger partial charge in [-0.1, -0.05) is 0 Å². The summed E-state index contributed by atoms with van der Waals surface area (Å²) < 4.78 is 28.8. The zero-order chi connectivity index (χ0) is 17.8. The number of carbonyl (C=O) groups is 2. The molecule has 1 saturated heterocycles. The normalized spacial score (nSPS) is 20.7. The van der Waals surface area contributed by atoms with E-state index in [-0.39, 0.29) is 22.8 Å². The Morgan fingerprint density at radius 2 is 2.00 bits per heavy atom. The molecule has 1 aromatic carbocycles. The fraction of sp³-hybridized carbons (Fsp3) is 0.467. The highest BCUT2D eigenvalue weighted by molar-refractivity contribution is 7.99. The summed E-state index contributed by atoms with van der Waals surface area (Å²) in [5.41, 5.74) is -1.04. The second kappa shape index (κ2) is 7.54. The van der Waals surface area contributed by atoms with E-state index < -0.39 is 27.3 Å². The number of carboxylic acids is 1. The van der Waals surface area contributed by atoms with Crippen molar-refractivity contribution in [3.05, 3.63) is 29.8 Å². The fourth-order valence-electron chi connectivity index (χ4n) is 2.30. The van der Waals surface area contributed by atoms with Crippen molar-refractivity contribution in [2.75, 3.05) is 31.0 Å². The number of amides is 1. The molecule has 0 aliphatic carbocycles. The first-order valence-electron chi connectivity index (χ1n) is 7.26. The summed E-state index contributed by atoms with van der Waals surface area (Å²) in [7, 11) is -2.05.